The fraction of sp³-hybridized carbons (Fsp3) is 0.520. The van der Waals surface area contributed by atoms with Crippen molar-refractivity contribution in [2.45, 2.75) is 51.2 Å². The van der Waals surface area contributed by atoms with Crippen molar-refractivity contribution in [2.24, 2.45) is 5.92 Å². The van der Waals surface area contributed by atoms with Crippen LogP contribution in [0.15, 0.2) is 42.5 Å². The van der Waals surface area contributed by atoms with E-state index in [9.17, 15) is 4.39 Å². The van der Waals surface area contributed by atoms with Crippen LogP contribution in [0.5, 0.6) is 11.5 Å². The van der Waals surface area contributed by atoms with Gasteiger partial charge in [-0.05, 0) is 75.3 Å². The molecule has 0 radical (unpaired) electrons. The molecule has 2 atom stereocenters. The standard InChI is InChI=1S/C25H34FNO3/c1-25(2)16-19(13-15-30-25)22(18-8-10-21(26)11-9-18)12-14-27-17-20-6-5-7-23(28-3)24(20)29-4/h5-11,19,22,27H,12-17H2,1-4H3/t19-,22-/m1/s1. The lowest BCUT2D eigenvalue weighted by molar-refractivity contribution is -0.0771. The van der Waals surface area contributed by atoms with Gasteiger partial charge in [0.15, 0.2) is 11.5 Å². The predicted molar refractivity (Wildman–Crippen MR) is 118 cm³/mol. The lowest BCUT2D eigenvalue weighted by Gasteiger charge is -2.39. The van der Waals surface area contributed by atoms with Gasteiger partial charge in [-0.2, -0.15) is 0 Å². The number of nitrogens with one attached hydrogen (secondary N) is 1. The van der Waals surface area contributed by atoms with Gasteiger partial charge in [-0.3, -0.25) is 0 Å². The summed E-state index contributed by atoms with van der Waals surface area (Å²) in [5.41, 5.74) is 2.17. The number of benzene rings is 2. The van der Waals surface area contributed by atoms with Gasteiger partial charge in [0.25, 0.3) is 0 Å². The number of ether oxygens (including phenoxy) is 3. The van der Waals surface area contributed by atoms with E-state index in [0.29, 0.717) is 18.4 Å². The number of hydrogen-bond acceptors (Lipinski definition) is 4. The number of methoxy groups -OCH3 is 2. The average Bonchev–Trinajstić information content (AvgIpc) is 2.73. The first-order chi connectivity index (χ1) is 14.4. The second-order valence-electron chi connectivity index (χ2n) is 8.64. The summed E-state index contributed by atoms with van der Waals surface area (Å²) < 4.78 is 30.3. The maximum Gasteiger partial charge on any atom is 0.165 e. The molecule has 1 aliphatic rings. The predicted octanol–water partition coefficient (Wildman–Crippen LogP) is 5.31. The third-order valence-electron chi connectivity index (χ3n) is 6.03. The molecule has 3 rings (SSSR count). The van der Waals surface area contributed by atoms with Crippen molar-refractivity contribution in [1.82, 2.24) is 5.32 Å². The van der Waals surface area contributed by atoms with E-state index < -0.39 is 0 Å². The van der Waals surface area contributed by atoms with Gasteiger partial charge in [-0.25, -0.2) is 4.39 Å². The summed E-state index contributed by atoms with van der Waals surface area (Å²) in [6.45, 7) is 6.67. The molecule has 164 valence electrons. The summed E-state index contributed by atoms with van der Waals surface area (Å²) in [5, 5.41) is 3.56. The van der Waals surface area contributed by atoms with E-state index in [2.05, 4.69) is 19.2 Å². The molecule has 0 saturated carbocycles. The summed E-state index contributed by atoms with van der Waals surface area (Å²) in [5.74, 6) is 2.22. The molecule has 0 unspecified atom stereocenters. The van der Waals surface area contributed by atoms with Crippen LogP contribution >= 0.6 is 0 Å². The van der Waals surface area contributed by atoms with E-state index in [1.54, 1.807) is 26.4 Å². The van der Waals surface area contributed by atoms with Gasteiger partial charge in [-0.1, -0.05) is 24.3 Å². The Balaban J connectivity index is 1.66. The van der Waals surface area contributed by atoms with E-state index >= 15 is 0 Å². The van der Waals surface area contributed by atoms with Crippen LogP contribution in [0.2, 0.25) is 0 Å². The first-order valence-electron chi connectivity index (χ1n) is 10.7. The Labute approximate surface area is 179 Å². The van der Waals surface area contributed by atoms with Crippen LogP contribution in [0.25, 0.3) is 0 Å². The molecule has 5 heteroatoms. The van der Waals surface area contributed by atoms with Gasteiger partial charge < -0.3 is 19.5 Å². The van der Waals surface area contributed by atoms with E-state index in [1.165, 1.54) is 5.56 Å². The van der Waals surface area contributed by atoms with Gasteiger partial charge in [0.2, 0.25) is 0 Å². The highest BCUT2D eigenvalue weighted by atomic mass is 19.1. The fourth-order valence-corrected chi connectivity index (χ4v) is 4.58. The zero-order valence-corrected chi connectivity index (χ0v) is 18.5. The van der Waals surface area contributed by atoms with Crippen molar-refractivity contribution in [3.63, 3.8) is 0 Å². The molecule has 0 amide bonds. The van der Waals surface area contributed by atoms with Crippen LogP contribution in [-0.4, -0.2) is 33.0 Å². The van der Waals surface area contributed by atoms with Gasteiger partial charge in [0, 0.05) is 18.7 Å². The van der Waals surface area contributed by atoms with Crippen LogP contribution in [0.3, 0.4) is 0 Å². The topological polar surface area (TPSA) is 39.7 Å². The maximum atomic E-state index is 13.5. The number of rotatable bonds is 9. The van der Waals surface area contributed by atoms with E-state index in [-0.39, 0.29) is 11.4 Å². The van der Waals surface area contributed by atoms with Gasteiger partial charge in [0.05, 0.1) is 19.8 Å². The number of hydrogen-bond donors (Lipinski definition) is 1. The normalized spacial score (nSPS) is 19.3. The molecule has 0 aromatic heterocycles. The van der Waals surface area contributed by atoms with Gasteiger partial charge in [0.1, 0.15) is 5.82 Å². The molecule has 0 bridgehead atoms. The van der Waals surface area contributed by atoms with Crippen molar-refractivity contribution < 1.29 is 18.6 Å². The van der Waals surface area contributed by atoms with Crippen LogP contribution in [0, 0.1) is 11.7 Å². The molecule has 4 nitrogen and oxygen atoms in total. The molecule has 1 heterocycles. The molecule has 1 aliphatic heterocycles. The van der Waals surface area contributed by atoms with Crippen molar-refractivity contribution in [1.29, 1.82) is 0 Å². The Morgan fingerprint density at radius 1 is 1.13 bits per heavy atom. The van der Waals surface area contributed by atoms with Crippen LogP contribution in [0.4, 0.5) is 4.39 Å². The smallest absolute Gasteiger partial charge is 0.165 e. The van der Waals surface area contributed by atoms with Gasteiger partial charge >= 0.3 is 0 Å². The Morgan fingerprint density at radius 3 is 2.57 bits per heavy atom. The first kappa shape index (κ1) is 22.6. The van der Waals surface area contributed by atoms with E-state index in [4.69, 9.17) is 14.2 Å². The van der Waals surface area contributed by atoms with Crippen LogP contribution in [-0.2, 0) is 11.3 Å². The molecule has 1 fully saturated rings. The highest BCUT2D eigenvalue weighted by Gasteiger charge is 2.34. The highest BCUT2D eigenvalue weighted by molar-refractivity contribution is 5.46. The lowest BCUT2D eigenvalue weighted by Crippen LogP contribution is -2.36. The lowest BCUT2D eigenvalue weighted by atomic mass is 9.75. The summed E-state index contributed by atoms with van der Waals surface area (Å²) in [6, 6.07) is 12.9. The molecular formula is C25H34FNO3. The molecule has 0 aliphatic carbocycles. The fourth-order valence-electron chi connectivity index (χ4n) is 4.58. The number of para-hydroxylation sites is 1. The molecule has 0 spiro atoms. The van der Waals surface area contributed by atoms with Crippen molar-refractivity contribution >= 4 is 0 Å². The summed E-state index contributed by atoms with van der Waals surface area (Å²) in [7, 11) is 3.32. The Hall–Kier alpha value is -2.11. The van der Waals surface area contributed by atoms with Crippen LogP contribution < -0.4 is 14.8 Å². The summed E-state index contributed by atoms with van der Waals surface area (Å²) >= 11 is 0. The quantitative estimate of drug-likeness (QED) is 0.563. The largest absolute Gasteiger partial charge is 0.493 e. The molecular weight excluding hydrogens is 381 g/mol. The molecule has 1 saturated heterocycles. The first-order valence-corrected chi connectivity index (χ1v) is 10.7. The molecule has 1 N–H and O–H groups in total. The van der Waals surface area contributed by atoms with Crippen molar-refractivity contribution in [2.75, 3.05) is 27.4 Å². The maximum absolute atomic E-state index is 13.5. The Kier molecular flexibility index (Phi) is 7.73. The average molecular weight is 416 g/mol. The monoisotopic (exact) mass is 415 g/mol. The summed E-state index contributed by atoms with van der Waals surface area (Å²) in [4.78, 5) is 0. The second kappa shape index (κ2) is 10.3. The third-order valence-corrected chi connectivity index (χ3v) is 6.03. The van der Waals surface area contributed by atoms with Crippen LogP contribution in [0.1, 0.15) is 50.2 Å². The van der Waals surface area contributed by atoms with E-state index in [1.807, 2.05) is 30.3 Å². The number of halogens is 1. The van der Waals surface area contributed by atoms with Crippen molar-refractivity contribution in [3.8, 4) is 11.5 Å². The zero-order valence-electron chi connectivity index (χ0n) is 18.5. The molecule has 2 aromatic carbocycles. The Bertz CT molecular complexity index is 807. The highest BCUT2D eigenvalue weighted by Crippen LogP contribution is 2.40. The Morgan fingerprint density at radius 2 is 1.90 bits per heavy atom. The minimum atomic E-state index is -0.187. The second-order valence-corrected chi connectivity index (χ2v) is 8.64. The SMILES string of the molecule is COc1cccc(CNCC[C@H](c2ccc(F)cc2)[C@@H]2CCOC(C)(C)C2)c1OC. The van der Waals surface area contributed by atoms with Crippen molar-refractivity contribution in [3.05, 3.63) is 59.4 Å². The minimum absolute atomic E-state index is 0.109. The third kappa shape index (κ3) is 5.73. The minimum Gasteiger partial charge on any atom is -0.493 e. The van der Waals surface area contributed by atoms with Gasteiger partial charge in [-0.15, -0.1) is 0 Å². The molecule has 30 heavy (non-hydrogen) atoms. The zero-order chi connectivity index (χ0) is 21.6. The van der Waals surface area contributed by atoms with E-state index in [0.717, 1.165) is 49.5 Å². The molecule has 2 aromatic rings. The summed E-state index contributed by atoms with van der Waals surface area (Å²) in [6.07, 6.45) is 3.03.